The number of halogens is 2. The van der Waals surface area contributed by atoms with Crippen molar-refractivity contribution in [3.63, 3.8) is 0 Å². The second-order valence-electron chi connectivity index (χ2n) is 5.81. The maximum atomic E-state index is 12.4. The molecule has 0 atom stereocenters. The van der Waals surface area contributed by atoms with Gasteiger partial charge in [0.15, 0.2) is 5.52 Å². The minimum Gasteiger partial charge on any atom is -0.394 e. The zero-order valence-corrected chi connectivity index (χ0v) is 15.9. The highest BCUT2D eigenvalue weighted by Crippen LogP contribution is 2.22. The molecule has 8 nitrogen and oxygen atoms in total. The molecule has 0 amide bonds. The summed E-state index contributed by atoms with van der Waals surface area (Å²) in [5.41, 5.74) is 1.56. The summed E-state index contributed by atoms with van der Waals surface area (Å²) in [4.78, 5) is 19.5. The van der Waals surface area contributed by atoms with Crippen LogP contribution in [0.3, 0.4) is 0 Å². The first-order chi connectivity index (χ1) is 13.1. The Hall–Kier alpha value is -2.13. The summed E-state index contributed by atoms with van der Waals surface area (Å²) >= 11 is 11.9. The van der Waals surface area contributed by atoms with E-state index in [4.69, 9.17) is 33.0 Å². The molecule has 10 heteroatoms. The number of aromatic amines is 1. The van der Waals surface area contributed by atoms with Crippen molar-refractivity contribution in [2.75, 3.05) is 25.1 Å². The van der Waals surface area contributed by atoms with Crippen LogP contribution in [0.5, 0.6) is 0 Å². The monoisotopic (exact) mass is 411 g/mol. The Morgan fingerprint density at radius 1 is 1.26 bits per heavy atom. The highest BCUT2D eigenvalue weighted by molar-refractivity contribution is 6.42. The number of benzene rings is 1. The molecule has 3 N–H and O–H groups in total. The predicted molar refractivity (Wildman–Crippen MR) is 104 cm³/mol. The van der Waals surface area contributed by atoms with E-state index in [0.29, 0.717) is 59.8 Å². The van der Waals surface area contributed by atoms with Crippen molar-refractivity contribution in [2.45, 2.75) is 19.5 Å². The number of rotatable bonds is 9. The molecule has 27 heavy (non-hydrogen) atoms. The van der Waals surface area contributed by atoms with E-state index < -0.39 is 0 Å². The van der Waals surface area contributed by atoms with Gasteiger partial charge in [-0.2, -0.15) is 5.10 Å². The topological polar surface area (TPSA) is 105 Å². The first-order valence-corrected chi connectivity index (χ1v) is 9.16. The van der Waals surface area contributed by atoms with E-state index in [2.05, 4.69) is 20.4 Å². The van der Waals surface area contributed by atoms with Crippen LogP contribution in [0.4, 0.5) is 5.95 Å². The molecule has 0 bridgehead atoms. The second kappa shape index (κ2) is 9.18. The van der Waals surface area contributed by atoms with E-state index in [1.807, 2.05) is 6.07 Å². The SMILES string of the molecule is O=c1[nH]c(NCc2ccc(Cl)c(Cl)c2)nc2cnn(CCCOCCO)c12. The predicted octanol–water partition coefficient (Wildman–Crippen LogP) is 2.44. The van der Waals surface area contributed by atoms with Crippen molar-refractivity contribution < 1.29 is 9.84 Å². The van der Waals surface area contributed by atoms with Gasteiger partial charge in [-0.25, -0.2) is 4.98 Å². The molecule has 0 saturated carbocycles. The smallest absolute Gasteiger partial charge is 0.278 e. The number of hydrogen-bond acceptors (Lipinski definition) is 6. The number of aromatic nitrogens is 4. The van der Waals surface area contributed by atoms with Gasteiger partial charge in [-0.3, -0.25) is 14.5 Å². The highest BCUT2D eigenvalue weighted by Gasteiger charge is 2.10. The molecular formula is C17H19Cl2N5O3. The van der Waals surface area contributed by atoms with Crippen molar-refractivity contribution in [3.05, 3.63) is 50.4 Å². The van der Waals surface area contributed by atoms with E-state index in [1.165, 1.54) is 0 Å². The third-order valence-electron chi connectivity index (χ3n) is 3.84. The van der Waals surface area contributed by atoms with Crippen molar-refractivity contribution in [1.82, 2.24) is 19.7 Å². The van der Waals surface area contributed by atoms with Crippen molar-refractivity contribution in [1.29, 1.82) is 0 Å². The lowest BCUT2D eigenvalue weighted by molar-refractivity contribution is 0.0885. The molecular weight excluding hydrogens is 393 g/mol. The third kappa shape index (κ3) is 4.98. The fraction of sp³-hybridized carbons (Fsp3) is 0.353. The van der Waals surface area contributed by atoms with Crippen LogP contribution in [0.15, 0.2) is 29.2 Å². The van der Waals surface area contributed by atoms with Gasteiger partial charge in [0, 0.05) is 19.7 Å². The van der Waals surface area contributed by atoms with Gasteiger partial charge in [-0.1, -0.05) is 29.3 Å². The van der Waals surface area contributed by atoms with Gasteiger partial charge < -0.3 is 15.2 Å². The molecule has 0 fully saturated rings. The minimum atomic E-state index is -0.273. The molecule has 2 aromatic heterocycles. The van der Waals surface area contributed by atoms with Gasteiger partial charge in [0.25, 0.3) is 5.56 Å². The average molecular weight is 412 g/mol. The summed E-state index contributed by atoms with van der Waals surface area (Å²) in [6.07, 6.45) is 2.23. The zero-order valence-electron chi connectivity index (χ0n) is 14.4. The molecule has 2 heterocycles. The lowest BCUT2D eigenvalue weighted by Gasteiger charge is -2.07. The Bertz CT molecular complexity index is 973. The largest absolute Gasteiger partial charge is 0.394 e. The number of nitrogens with zero attached hydrogens (tertiary/aromatic N) is 3. The number of fused-ring (bicyclic) bond motifs is 1. The van der Waals surface area contributed by atoms with Crippen LogP contribution in [0.2, 0.25) is 10.0 Å². The number of aliphatic hydroxyl groups excluding tert-OH is 1. The number of aryl methyl sites for hydroxylation is 1. The zero-order chi connectivity index (χ0) is 19.2. The summed E-state index contributed by atoms with van der Waals surface area (Å²) in [7, 11) is 0. The first-order valence-electron chi connectivity index (χ1n) is 8.40. The maximum Gasteiger partial charge on any atom is 0.278 e. The van der Waals surface area contributed by atoms with Gasteiger partial charge in [0.1, 0.15) is 5.52 Å². The van der Waals surface area contributed by atoms with Crippen LogP contribution in [0, 0.1) is 0 Å². The standard InChI is InChI=1S/C17H19Cl2N5O3/c18-12-3-2-11(8-13(12)19)9-20-17-22-14-10-21-24(15(14)16(26)23-17)4-1-6-27-7-5-25/h2-3,8,10,25H,1,4-7,9H2,(H2,20,22,23,26). The van der Waals surface area contributed by atoms with Crippen LogP contribution in [-0.4, -0.2) is 44.7 Å². The molecule has 3 aromatic rings. The van der Waals surface area contributed by atoms with Gasteiger partial charge in [-0.15, -0.1) is 0 Å². The summed E-state index contributed by atoms with van der Waals surface area (Å²) in [5, 5.41) is 16.9. The Kier molecular flexibility index (Phi) is 6.68. The van der Waals surface area contributed by atoms with Crippen LogP contribution in [0.1, 0.15) is 12.0 Å². The number of anilines is 1. The van der Waals surface area contributed by atoms with Crippen molar-refractivity contribution in [3.8, 4) is 0 Å². The Morgan fingerprint density at radius 2 is 2.11 bits per heavy atom. The van der Waals surface area contributed by atoms with Crippen molar-refractivity contribution in [2.24, 2.45) is 0 Å². The fourth-order valence-corrected chi connectivity index (χ4v) is 2.90. The molecule has 0 saturated heterocycles. The number of ether oxygens (including phenoxy) is 1. The van der Waals surface area contributed by atoms with Gasteiger partial charge in [0.2, 0.25) is 5.95 Å². The van der Waals surface area contributed by atoms with Crippen LogP contribution in [0.25, 0.3) is 11.0 Å². The van der Waals surface area contributed by atoms with Crippen LogP contribution < -0.4 is 10.9 Å². The number of aliphatic hydroxyl groups is 1. The Morgan fingerprint density at radius 3 is 2.89 bits per heavy atom. The molecule has 0 spiro atoms. The van der Waals surface area contributed by atoms with E-state index in [0.717, 1.165) is 5.56 Å². The van der Waals surface area contributed by atoms with Crippen molar-refractivity contribution >= 4 is 40.2 Å². The molecule has 144 valence electrons. The number of nitrogens with one attached hydrogen (secondary N) is 2. The second-order valence-corrected chi connectivity index (χ2v) is 6.62. The summed E-state index contributed by atoms with van der Waals surface area (Å²) in [5.74, 6) is 0.351. The van der Waals surface area contributed by atoms with Gasteiger partial charge >= 0.3 is 0 Å². The molecule has 0 aliphatic rings. The van der Waals surface area contributed by atoms with E-state index in [-0.39, 0.29) is 12.2 Å². The summed E-state index contributed by atoms with van der Waals surface area (Å²) < 4.78 is 6.82. The molecule has 3 rings (SSSR count). The number of hydrogen-bond donors (Lipinski definition) is 3. The van der Waals surface area contributed by atoms with Crippen LogP contribution >= 0.6 is 23.2 Å². The lowest BCUT2D eigenvalue weighted by atomic mass is 10.2. The highest BCUT2D eigenvalue weighted by atomic mass is 35.5. The normalized spacial score (nSPS) is 11.2. The Balaban J connectivity index is 1.68. The van der Waals surface area contributed by atoms with Crippen LogP contribution in [-0.2, 0) is 17.8 Å². The average Bonchev–Trinajstić information content (AvgIpc) is 3.06. The molecule has 0 unspecified atom stereocenters. The van der Waals surface area contributed by atoms with Gasteiger partial charge in [-0.05, 0) is 24.1 Å². The number of H-pyrrole nitrogens is 1. The summed E-state index contributed by atoms with van der Waals surface area (Å²) in [6, 6.07) is 5.31. The molecule has 0 aliphatic heterocycles. The summed E-state index contributed by atoms with van der Waals surface area (Å²) in [6.45, 7) is 1.73. The fourth-order valence-electron chi connectivity index (χ4n) is 2.58. The molecule has 1 aromatic carbocycles. The van der Waals surface area contributed by atoms with E-state index >= 15 is 0 Å². The lowest BCUT2D eigenvalue weighted by Crippen LogP contribution is -2.16. The third-order valence-corrected chi connectivity index (χ3v) is 4.58. The van der Waals surface area contributed by atoms with E-state index in [9.17, 15) is 4.79 Å². The van der Waals surface area contributed by atoms with Gasteiger partial charge in [0.05, 0.1) is 29.5 Å². The molecule has 0 aliphatic carbocycles. The first kappa shape index (κ1) is 19.6. The quantitative estimate of drug-likeness (QED) is 0.467. The maximum absolute atomic E-state index is 12.4. The molecule has 0 radical (unpaired) electrons. The minimum absolute atomic E-state index is 0.00765. The Labute approximate surface area is 165 Å². The van der Waals surface area contributed by atoms with E-state index in [1.54, 1.807) is 23.0 Å².